The zero-order valence-electron chi connectivity index (χ0n) is 11.5. The van der Waals surface area contributed by atoms with Gasteiger partial charge in [-0.25, -0.2) is 0 Å². The van der Waals surface area contributed by atoms with E-state index in [0.717, 1.165) is 24.9 Å². The van der Waals surface area contributed by atoms with Crippen molar-refractivity contribution in [3.8, 4) is 11.8 Å². The number of rotatable bonds is 7. The lowest BCUT2D eigenvalue weighted by molar-refractivity contribution is 0.234. The van der Waals surface area contributed by atoms with E-state index in [1.54, 1.807) is 6.07 Å². The molecular formula is C15H18Cl2N2O. The number of nitrogens with one attached hydrogen (secondary N) is 1. The SMILES string of the molecule is CCNCc1cc(Cl)cc(Cl)c1OCC1(CC#N)CC1. The third-order valence-corrected chi connectivity index (χ3v) is 4.08. The first-order chi connectivity index (χ1) is 9.60. The average Bonchev–Trinajstić information content (AvgIpc) is 3.15. The van der Waals surface area contributed by atoms with Crippen LogP contribution in [0.2, 0.25) is 10.0 Å². The zero-order valence-corrected chi connectivity index (χ0v) is 13.0. The van der Waals surface area contributed by atoms with Crippen molar-refractivity contribution in [1.29, 1.82) is 5.26 Å². The highest BCUT2D eigenvalue weighted by molar-refractivity contribution is 6.35. The van der Waals surface area contributed by atoms with Gasteiger partial charge in [-0.1, -0.05) is 30.1 Å². The lowest BCUT2D eigenvalue weighted by atomic mass is 10.1. The van der Waals surface area contributed by atoms with Crippen LogP contribution >= 0.6 is 23.2 Å². The highest BCUT2D eigenvalue weighted by Crippen LogP contribution is 2.49. The third-order valence-electron chi connectivity index (χ3n) is 3.58. The van der Waals surface area contributed by atoms with E-state index in [4.69, 9.17) is 33.2 Å². The van der Waals surface area contributed by atoms with Gasteiger partial charge in [-0.05, 0) is 31.5 Å². The van der Waals surface area contributed by atoms with Crippen LogP contribution < -0.4 is 10.1 Å². The van der Waals surface area contributed by atoms with Gasteiger partial charge in [0.05, 0.1) is 17.7 Å². The van der Waals surface area contributed by atoms with Crippen LogP contribution in [0.3, 0.4) is 0 Å². The molecule has 1 aliphatic rings. The van der Waals surface area contributed by atoms with Gasteiger partial charge in [-0.2, -0.15) is 5.26 Å². The molecule has 1 N–H and O–H groups in total. The third kappa shape index (κ3) is 3.79. The average molecular weight is 313 g/mol. The van der Waals surface area contributed by atoms with Gasteiger partial charge in [0.25, 0.3) is 0 Å². The Labute approximate surface area is 129 Å². The standard InChI is InChI=1S/C15H18Cl2N2O/c1-2-19-9-11-7-12(16)8-13(17)14(11)20-10-15(3-4-15)5-6-18/h7-8,19H,2-5,9-10H2,1H3. The molecule has 1 aliphatic carbocycles. The Bertz CT molecular complexity index is 521. The molecule has 0 unspecified atom stereocenters. The summed E-state index contributed by atoms with van der Waals surface area (Å²) < 4.78 is 5.92. The predicted octanol–water partition coefficient (Wildman–Crippen LogP) is 4.18. The minimum Gasteiger partial charge on any atom is -0.491 e. The van der Waals surface area contributed by atoms with Gasteiger partial charge in [0, 0.05) is 29.0 Å². The van der Waals surface area contributed by atoms with Crippen molar-refractivity contribution in [3.05, 3.63) is 27.7 Å². The van der Waals surface area contributed by atoms with Crippen LogP contribution in [0.15, 0.2) is 12.1 Å². The quantitative estimate of drug-likeness (QED) is 0.821. The number of nitriles is 1. The summed E-state index contributed by atoms with van der Waals surface area (Å²) in [4.78, 5) is 0. The van der Waals surface area contributed by atoms with Gasteiger partial charge in [0.1, 0.15) is 5.75 Å². The molecule has 1 fully saturated rings. The maximum absolute atomic E-state index is 8.84. The molecule has 1 aromatic rings. The number of hydrogen-bond donors (Lipinski definition) is 1. The second-order valence-corrected chi connectivity index (χ2v) is 6.12. The Balaban J connectivity index is 2.11. The van der Waals surface area contributed by atoms with E-state index in [1.165, 1.54) is 0 Å². The Hall–Kier alpha value is -0.950. The van der Waals surface area contributed by atoms with Crippen LogP contribution in [0, 0.1) is 16.7 Å². The van der Waals surface area contributed by atoms with Gasteiger partial charge < -0.3 is 10.1 Å². The van der Waals surface area contributed by atoms with Crippen molar-refractivity contribution in [2.24, 2.45) is 5.41 Å². The van der Waals surface area contributed by atoms with Gasteiger partial charge in [0.2, 0.25) is 0 Å². The number of hydrogen-bond acceptors (Lipinski definition) is 3. The van der Waals surface area contributed by atoms with Crippen LogP contribution in [0.1, 0.15) is 31.7 Å². The summed E-state index contributed by atoms with van der Waals surface area (Å²) in [5.74, 6) is 0.682. The van der Waals surface area contributed by atoms with Crippen LogP contribution in [0.4, 0.5) is 0 Å². The minimum atomic E-state index is 0.0349. The number of halogens is 2. The lowest BCUT2D eigenvalue weighted by Gasteiger charge is -2.17. The summed E-state index contributed by atoms with van der Waals surface area (Å²) in [6, 6.07) is 5.80. The normalized spacial score (nSPS) is 15.7. The fourth-order valence-corrected chi connectivity index (χ4v) is 2.70. The molecule has 2 rings (SSSR count). The molecule has 5 heteroatoms. The monoisotopic (exact) mass is 312 g/mol. The summed E-state index contributed by atoms with van der Waals surface area (Å²) in [6.45, 7) is 4.11. The Kier molecular flexibility index (Phi) is 5.15. The topological polar surface area (TPSA) is 45.0 Å². The van der Waals surface area contributed by atoms with Crippen molar-refractivity contribution in [2.75, 3.05) is 13.2 Å². The fourth-order valence-electron chi connectivity index (χ4n) is 2.11. The highest BCUT2D eigenvalue weighted by atomic mass is 35.5. The summed E-state index contributed by atoms with van der Waals surface area (Å²) in [7, 11) is 0. The molecule has 0 spiro atoms. The minimum absolute atomic E-state index is 0.0349. The van der Waals surface area contributed by atoms with E-state index in [0.29, 0.717) is 35.4 Å². The Morgan fingerprint density at radius 1 is 1.40 bits per heavy atom. The first-order valence-electron chi connectivity index (χ1n) is 6.78. The summed E-state index contributed by atoms with van der Waals surface area (Å²) in [6.07, 6.45) is 2.64. The van der Waals surface area contributed by atoms with Crippen LogP contribution in [0.25, 0.3) is 0 Å². The molecule has 0 saturated heterocycles. The molecule has 0 aromatic heterocycles. The van der Waals surface area contributed by atoms with E-state index >= 15 is 0 Å². The van der Waals surface area contributed by atoms with Crippen molar-refractivity contribution in [1.82, 2.24) is 5.32 Å². The number of ether oxygens (including phenoxy) is 1. The van der Waals surface area contributed by atoms with Crippen molar-refractivity contribution in [2.45, 2.75) is 32.7 Å². The second kappa shape index (κ2) is 6.67. The zero-order chi connectivity index (χ0) is 14.6. The lowest BCUT2D eigenvalue weighted by Crippen LogP contribution is -2.16. The summed E-state index contributed by atoms with van der Waals surface area (Å²) in [5, 5.41) is 13.2. The molecule has 1 saturated carbocycles. The maximum atomic E-state index is 8.84. The highest BCUT2D eigenvalue weighted by Gasteiger charge is 2.43. The number of nitrogens with zero attached hydrogens (tertiary/aromatic N) is 1. The van der Waals surface area contributed by atoms with E-state index in [2.05, 4.69) is 11.4 Å². The molecule has 0 heterocycles. The molecule has 1 aromatic carbocycles. The molecule has 3 nitrogen and oxygen atoms in total. The van der Waals surface area contributed by atoms with Crippen molar-refractivity contribution in [3.63, 3.8) is 0 Å². The molecule has 20 heavy (non-hydrogen) atoms. The second-order valence-electron chi connectivity index (χ2n) is 5.28. The van der Waals surface area contributed by atoms with Crippen molar-refractivity contribution >= 4 is 23.2 Å². The van der Waals surface area contributed by atoms with Crippen LogP contribution in [0.5, 0.6) is 5.75 Å². The first-order valence-corrected chi connectivity index (χ1v) is 7.54. The van der Waals surface area contributed by atoms with E-state index < -0.39 is 0 Å². The van der Waals surface area contributed by atoms with Crippen molar-refractivity contribution < 1.29 is 4.74 Å². The Morgan fingerprint density at radius 2 is 2.15 bits per heavy atom. The molecular weight excluding hydrogens is 295 g/mol. The van der Waals surface area contributed by atoms with E-state index in [9.17, 15) is 0 Å². The fraction of sp³-hybridized carbons (Fsp3) is 0.533. The molecule has 0 amide bonds. The smallest absolute Gasteiger partial charge is 0.142 e. The summed E-state index contributed by atoms with van der Waals surface area (Å²) in [5.41, 5.74) is 0.991. The van der Waals surface area contributed by atoms with Crippen LogP contribution in [-0.4, -0.2) is 13.2 Å². The molecule has 108 valence electrons. The van der Waals surface area contributed by atoms with E-state index in [1.807, 2.05) is 13.0 Å². The molecule has 0 aliphatic heterocycles. The molecule has 0 radical (unpaired) electrons. The number of benzene rings is 1. The predicted molar refractivity (Wildman–Crippen MR) is 81.2 cm³/mol. The largest absolute Gasteiger partial charge is 0.491 e. The van der Waals surface area contributed by atoms with Gasteiger partial charge in [-0.3, -0.25) is 0 Å². The Morgan fingerprint density at radius 3 is 2.75 bits per heavy atom. The van der Waals surface area contributed by atoms with Gasteiger partial charge >= 0.3 is 0 Å². The molecule has 0 bridgehead atoms. The van der Waals surface area contributed by atoms with E-state index in [-0.39, 0.29) is 5.41 Å². The van der Waals surface area contributed by atoms with Gasteiger partial charge in [0.15, 0.2) is 0 Å². The summed E-state index contributed by atoms with van der Waals surface area (Å²) >= 11 is 12.3. The van der Waals surface area contributed by atoms with Crippen LogP contribution in [-0.2, 0) is 6.54 Å². The maximum Gasteiger partial charge on any atom is 0.142 e. The first kappa shape index (κ1) is 15.4. The van der Waals surface area contributed by atoms with Gasteiger partial charge in [-0.15, -0.1) is 0 Å². The molecule has 0 atom stereocenters.